The Morgan fingerprint density at radius 1 is 1.43 bits per heavy atom. The largest absolute Gasteiger partial charge is 0.351 e. The number of amides is 1. The molecule has 3 rings (SSSR count). The van der Waals surface area contributed by atoms with Crippen LogP contribution in [0.5, 0.6) is 0 Å². The number of pyridine rings is 1. The molecule has 1 heterocycles. The fourth-order valence-corrected chi connectivity index (χ4v) is 3.16. The van der Waals surface area contributed by atoms with Crippen LogP contribution in [-0.2, 0) is 11.3 Å². The molecule has 3 N–H and O–H groups in total. The lowest BCUT2D eigenvalue weighted by atomic mass is 9.84. The summed E-state index contributed by atoms with van der Waals surface area (Å²) in [5.74, 6) is 0.0560. The van der Waals surface area contributed by atoms with Crippen molar-refractivity contribution in [2.75, 3.05) is 0 Å². The normalized spacial score (nSPS) is 25.1. The SMILES string of the molecule is CC1(C(=O)NCc2cccc3cccnc23)CCCC1N. The molecule has 1 amide bonds. The molecule has 1 aromatic carbocycles. The quantitative estimate of drug-likeness (QED) is 0.908. The summed E-state index contributed by atoms with van der Waals surface area (Å²) in [7, 11) is 0. The number of aromatic nitrogens is 1. The Bertz CT molecular complexity index is 665. The Morgan fingerprint density at radius 2 is 2.24 bits per heavy atom. The van der Waals surface area contributed by atoms with Gasteiger partial charge in [-0.2, -0.15) is 0 Å². The number of para-hydroxylation sites is 1. The Labute approximate surface area is 124 Å². The van der Waals surface area contributed by atoms with Crippen LogP contribution in [0.4, 0.5) is 0 Å². The van der Waals surface area contributed by atoms with Crippen molar-refractivity contribution in [3.63, 3.8) is 0 Å². The van der Waals surface area contributed by atoms with Crippen molar-refractivity contribution < 1.29 is 4.79 Å². The van der Waals surface area contributed by atoms with Gasteiger partial charge in [-0.05, 0) is 31.4 Å². The molecule has 2 atom stereocenters. The minimum atomic E-state index is -0.433. The minimum Gasteiger partial charge on any atom is -0.351 e. The smallest absolute Gasteiger partial charge is 0.227 e. The highest BCUT2D eigenvalue weighted by atomic mass is 16.2. The maximum atomic E-state index is 12.5. The summed E-state index contributed by atoms with van der Waals surface area (Å²) in [6.45, 7) is 2.47. The number of nitrogens with one attached hydrogen (secondary N) is 1. The second-order valence-electron chi connectivity index (χ2n) is 6.09. The molecule has 2 unspecified atom stereocenters. The van der Waals surface area contributed by atoms with Crippen LogP contribution in [0.15, 0.2) is 36.5 Å². The molecule has 1 aliphatic rings. The molecular formula is C17H21N3O. The number of fused-ring (bicyclic) bond motifs is 1. The van der Waals surface area contributed by atoms with Gasteiger partial charge >= 0.3 is 0 Å². The summed E-state index contributed by atoms with van der Waals surface area (Å²) in [4.78, 5) is 16.9. The third-order valence-electron chi connectivity index (χ3n) is 4.70. The van der Waals surface area contributed by atoms with Crippen molar-refractivity contribution in [2.24, 2.45) is 11.1 Å². The monoisotopic (exact) mass is 283 g/mol. The number of rotatable bonds is 3. The summed E-state index contributed by atoms with van der Waals surface area (Å²) in [6, 6.07) is 9.94. The molecule has 4 heteroatoms. The standard InChI is InChI=1S/C17H21N3O/c1-17(9-3-8-14(17)18)16(21)20-11-13-6-2-5-12-7-4-10-19-15(12)13/h2,4-7,10,14H,3,8-9,11,18H2,1H3,(H,20,21). The van der Waals surface area contributed by atoms with E-state index in [2.05, 4.69) is 10.3 Å². The molecule has 2 aromatic rings. The van der Waals surface area contributed by atoms with Crippen molar-refractivity contribution in [1.29, 1.82) is 0 Å². The van der Waals surface area contributed by atoms with Crippen molar-refractivity contribution in [2.45, 2.75) is 38.8 Å². The number of benzene rings is 1. The number of hydrogen-bond donors (Lipinski definition) is 2. The Hall–Kier alpha value is -1.94. The van der Waals surface area contributed by atoms with E-state index in [9.17, 15) is 4.79 Å². The molecule has 1 fully saturated rings. The summed E-state index contributed by atoms with van der Waals surface area (Å²) in [5.41, 5.74) is 7.65. The van der Waals surface area contributed by atoms with E-state index in [1.165, 1.54) is 0 Å². The number of hydrogen-bond acceptors (Lipinski definition) is 3. The number of nitrogens with zero attached hydrogens (tertiary/aromatic N) is 1. The van der Waals surface area contributed by atoms with E-state index in [1.807, 2.05) is 37.3 Å². The van der Waals surface area contributed by atoms with Crippen molar-refractivity contribution in [3.05, 3.63) is 42.1 Å². The average Bonchev–Trinajstić information content (AvgIpc) is 2.85. The lowest BCUT2D eigenvalue weighted by Crippen LogP contribution is -2.47. The third kappa shape index (κ3) is 2.51. The van der Waals surface area contributed by atoms with Gasteiger partial charge in [0.15, 0.2) is 0 Å². The highest BCUT2D eigenvalue weighted by Crippen LogP contribution is 2.36. The van der Waals surface area contributed by atoms with Gasteiger partial charge in [0, 0.05) is 24.2 Å². The van der Waals surface area contributed by atoms with Crippen molar-refractivity contribution >= 4 is 16.8 Å². The Morgan fingerprint density at radius 3 is 3.00 bits per heavy atom. The second kappa shape index (κ2) is 5.45. The van der Waals surface area contributed by atoms with Crippen molar-refractivity contribution in [3.8, 4) is 0 Å². The molecule has 4 nitrogen and oxygen atoms in total. The predicted octanol–water partition coefficient (Wildman–Crippen LogP) is 2.37. The van der Waals surface area contributed by atoms with E-state index in [0.717, 1.165) is 35.7 Å². The van der Waals surface area contributed by atoms with Crippen LogP contribution in [-0.4, -0.2) is 16.9 Å². The molecule has 110 valence electrons. The topological polar surface area (TPSA) is 68.0 Å². The lowest BCUT2D eigenvalue weighted by molar-refractivity contribution is -0.130. The van der Waals surface area contributed by atoms with Crippen LogP contribution >= 0.6 is 0 Å². The van der Waals surface area contributed by atoms with E-state index in [-0.39, 0.29) is 11.9 Å². The molecule has 0 bridgehead atoms. The predicted molar refractivity (Wildman–Crippen MR) is 83.5 cm³/mol. The second-order valence-corrected chi connectivity index (χ2v) is 6.09. The maximum Gasteiger partial charge on any atom is 0.227 e. The van der Waals surface area contributed by atoms with Gasteiger partial charge in [0.1, 0.15) is 0 Å². The zero-order valence-electron chi connectivity index (χ0n) is 12.3. The van der Waals surface area contributed by atoms with Crippen LogP contribution in [0.2, 0.25) is 0 Å². The molecule has 1 aromatic heterocycles. The zero-order chi connectivity index (χ0) is 14.9. The van der Waals surface area contributed by atoms with Gasteiger partial charge in [0.2, 0.25) is 5.91 Å². The van der Waals surface area contributed by atoms with E-state index in [0.29, 0.717) is 6.54 Å². The molecular weight excluding hydrogens is 262 g/mol. The van der Waals surface area contributed by atoms with Gasteiger partial charge in [0.25, 0.3) is 0 Å². The minimum absolute atomic E-state index is 0.0388. The highest BCUT2D eigenvalue weighted by Gasteiger charge is 2.42. The first kappa shape index (κ1) is 14.0. The molecule has 0 aliphatic heterocycles. The van der Waals surface area contributed by atoms with Gasteiger partial charge in [-0.3, -0.25) is 9.78 Å². The van der Waals surface area contributed by atoms with E-state index in [1.54, 1.807) is 6.20 Å². The van der Waals surface area contributed by atoms with Gasteiger partial charge in [-0.25, -0.2) is 0 Å². The molecule has 0 saturated heterocycles. The number of carbonyl (C=O) groups excluding carboxylic acids is 1. The van der Waals surface area contributed by atoms with Gasteiger partial charge < -0.3 is 11.1 Å². The van der Waals surface area contributed by atoms with Crippen LogP contribution in [0.25, 0.3) is 10.9 Å². The van der Waals surface area contributed by atoms with Crippen LogP contribution in [0.3, 0.4) is 0 Å². The summed E-state index contributed by atoms with van der Waals surface area (Å²) in [5, 5.41) is 4.14. The fraction of sp³-hybridized carbons (Fsp3) is 0.412. The first-order valence-corrected chi connectivity index (χ1v) is 7.48. The summed E-state index contributed by atoms with van der Waals surface area (Å²) < 4.78 is 0. The number of nitrogens with two attached hydrogens (primary N) is 1. The molecule has 21 heavy (non-hydrogen) atoms. The number of carbonyl (C=O) groups is 1. The Balaban J connectivity index is 1.76. The first-order chi connectivity index (χ1) is 10.1. The summed E-state index contributed by atoms with van der Waals surface area (Å²) in [6.07, 6.45) is 4.61. The van der Waals surface area contributed by atoms with E-state index < -0.39 is 5.41 Å². The van der Waals surface area contributed by atoms with Crippen LogP contribution < -0.4 is 11.1 Å². The third-order valence-corrected chi connectivity index (χ3v) is 4.70. The van der Waals surface area contributed by atoms with Gasteiger partial charge in [-0.15, -0.1) is 0 Å². The Kier molecular flexibility index (Phi) is 3.64. The van der Waals surface area contributed by atoms with Crippen LogP contribution in [0, 0.1) is 5.41 Å². The van der Waals surface area contributed by atoms with E-state index in [4.69, 9.17) is 5.73 Å². The fourth-order valence-electron chi connectivity index (χ4n) is 3.16. The molecule has 0 spiro atoms. The molecule has 1 aliphatic carbocycles. The average molecular weight is 283 g/mol. The van der Waals surface area contributed by atoms with Crippen molar-refractivity contribution in [1.82, 2.24) is 10.3 Å². The van der Waals surface area contributed by atoms with E-state index >= 15 is 0 Å². The summed E-state index contributed by atoms with van der Waals surface area (Å²) >= 11 is 0. The van der Waals surface area contributed by atoms with Gasteiger partial charge in [0.05, 0.1) is 10.9 Å². The van der Waals surface area contributed by atoms with Gasteiger partial charge in [-0.1, -0.05) is 30.7 Å². The molecule has 1 saturated carbocycles. The maximum absolute atomic E-state index is 12.5. The first-order valence-electron chi connectivity index (χ1n) is 7.48. The van der Waals surface area contributed by atoms with Crippen LogP contribution in [0.1, 0.15) is 31.7 Å². The molecule has 0 radical (unpaired) electrons. The lowest BCUT2D eigenvalue weighted by Gasteiger charge is -2.27. The highest BCUT2D eigenvalue weighted by molar-refractivity contribution is 5.85. The zero-order valence-corrected chi connectivity index (χ0v) is 12.3.